The van der Waals surface area contributed by atoms with Crippen LogP contribution >= 0.6 is 0 Å². The molecule has 0 radical (unpaired) electrons. The van der Waals surface area contributed by atoms with E-state index in [1.165, 1.54) is 24.3 Å². The zero-order valence-electron chi connectivity index (χ0n) is 14.4. The molecule has 7 heteroatoms. The first-order valence-corrected chi connectivity index (χ1v) is 7.82. The van der Waals surface area contributed by atoms with Crippen LogP contribution in [0.15, 0.2) is 48.5 Å². The van der Waals surface area contributed by atoms with E-state index in [9.17, 15) is 19.7 Å². The Morgan fingerprint density at radius 2 is 1.81 bits per heavy atom. The third kappa shape index (κ3) is 5.27. The van der Waals surface area contributed by atoms with Gasteiger partial charge < -0.3 is 10.1 Å². The van der Waals surface area contributed by atoms with E-state index in [2.05, 4.69) is 5.32 Å². The second-order valence-corrected chi connectivity index (χ2v) is 5.61. The molecule has 2 aromatic rings. The number of nitrogens with one attached hydrogen (secondary N) is 1. The van der Waals surface area contributed by atoms with Crippen LogP contribution in [0.25, 0.3) is 6.08 Å². The van der Waals surface area contributed by atoms with Crippen molar-refractivity contribution in [3.05, 3.63) is 75.3 Å². The van der Waals surface area contributed by atoms with Crippen molar-refractivity contribution in [2.75, 3.05) is 11.9 Å². The minimum absolute atomic E-state index is 0.0755. The van der Waals surface area contributed by atoms with Gasteiger partial charge in [0, 0.05) is 23.9 Å². The number of amides is 1. The number of nitrogens with zero attached hydrogens (tertiary/aromatic N) is 1. The number of carbonyl (C=O) groups is 2. The Balaban J connectivity index is 1.89. The van der Waals surface area contributed by atoms with Crippen molar-refractivity contribution >= 4 is 29.3 Å². The van der Waals surface area contributed by atoms with E-state index in [1.807, 2.05) is 32.0 Å². The molecule has 2 rings (SSSR count). The molecule has 1 N–H and O–H groups in total. The fourth-order valence-corrected chi connectivity index (χ4v) is 2.28. The number of para-hydroxylation sites is 1. The molecular weight excluding hydrogens is 336 g/mol. The van der Waals surface area contributed by atoms with Crippen LogP contribution in [0.1, 0.15) is 16.7 Å². The average molecular weight is 354 g/mol. The van der Waals surface area contributed by atoms with E-state index in [1.54, 1.807) is 6.07 Å². The van der Waals surface area contributed by atoms with Crippen LogP contribution in [0.5, 0.6) is 0 Å². The number of benzene rings is 2. The summed E-state index contributed by atoms with van der Waals surface area (Å²) in [6.07, 6.45) is 2.50. The van der Waals surface area contributed by atoms with Gasteiger partial charge in [-0.1, -0.05) is 30.3 Å². The first-order chi connectivity index (χ1) is 12.4. The molecule has 0 heterocycles. The Kier molecular flexibility index (Phi) is 6.21. The number of aryl methyl sites for hydroxylation is 2. The van der Waals surface area contributed by atoms with Gasteiger partial charge in [-0.05, 0) is 36.6 Å². The van der Waals surface area contributed by atoms with Gasteiger partial charge in [0.15, 0.2) is 6.61 Å². The summed E-state index contributed by atoms with van der Waals surface area (Å²) in [5, 5.41) is 13.4. The first-order valence-electron chi connectivity index (χ1n) is 7.82. The standard InChI is InChI=1S/C19H18N2O5/c1-13-5-3-6-14(2)19(13)20-17(22)12-26-18(23)10-9-15-7-4-8-16(11-15)21(24)25/h3-11H,12H2,1-2H3,(H,20,22)/b10-9+. The van der Waals surface area contributed by atoms with Crippen LogP contribution in [0, 0.1) is 24.0 Å². The van der Waals surface area contributed by atoms with Gasteiger partial charge in [0.2, 0.25) is 0 Å². The topological polar surface area (TPSA) is 98.5 Å². The van der Waals surface area contributed by atoms with Gasteiger partial charge >= 0.3 is 5.97 Å². The summed E-state index contributed by atoms with van der Waals surface area (Å²) >= 11 is 0. The Hall–Kier alpha value is -3.48. The van der Waals surface area contributed by atoms with E-state index in [0.717, 1.165) is 17.2 Å². The predicted molar refractivity (Wildman–Crippen MR) is 97.6 cm³/mol. The fraction of sp³-hybridized carbons (Fsp3) is 0.158. The molecular formula is C19H18N2O5. The Labute approximate surface area is 150 Å². The molecule has 0 unspecified atom stereocenters. The van der Waals surface area contributed by atoms with Crippen LogP contribution in [-0.4, -0.2) is 23.4 Å². The van der Waals surface area contributed by atoms with Gasteiger partial charge in [-0.25, -0.2) is 4.79 Å². The lowest BCUT2D eigenvalue weighted by atomic mass is 10.1. The lowest BCUT2D eigenvalue weighted by Gasteiger charge is -2.11. The van der Waals surface area contributed by atoms with Gasteiger partial charge in [-0.2, -0.15) is 0 Å². The van der Waals surface area contributed by atoms with Gasteiger partial charge in [0.1, 0.15) is 0 Å². The second-order valence-electron chi connectivity index (χ2n) is 5.61. The number of ether oxygens (including phenoxy) is 1. The maximum Gasteiger partial charge on any atom is 0.331 e. The molecule has 0 bridgehead atoms. The molecule has 0 fully saturated rings. The van der Waals surface area contributed by atoms with Crippen molar-refractivity contribution in [2.24, 2.45) is 0 Å². The molecule has 134 valence electrons. The van der Waals surface area contributed by atoms with Gasteiger partial charge in [0.25, 0.3) is 11.6 Å². The fourth-order valence-electron chi connectivity index (χ4n) is 2.28. The molecule has 2 aromatic carbocycles. The smallest absolute Gasteiger partial charge is 0.331 e. The second kappa shape index (κ2) is 8.57. The van der Waals surface area contributed by atoms with E-state index < -0.39 is 23.4 Å². The molecule has 0 aliphatic carbocycles. The number of carbonyl (C=O) groups excluding carboxylic acids is 2. The van der Waals surface area contributed by atoms with Crippen molar-refractivity contribution in [1.29, 1.82) is 0 Å². The summed E-state index contributed by atoms with van der Waals surface area (Å²) in [5.41, 5.74) is 2.93. The number of hydrogen-bond acceptors (Lipinski definition) is 5. The number of non-ortho nitro benzene ring substituents is 1. The molecule has 0 spiro atoms. The lowest BCUT2D eigenvalue weighted by Crippen LogP contribution is -2.21. The summed E-state index contributed by atoms with van der Waals surface area (Å²) in [6.45, 7) is 3.32. The first kappa shape index (κ1) is 18.9. The van der Waals surface area contributed by atoms with Crippen LogP contribution < -0.4 is 5.32 Å². The van der Waals surface area contributed by atoms with Crippen LogP contribution in [-0.2, 0) is 14.3 Å². The molecule has 7 nitrogen and oxygen atoms in total. The van der Waals surface area contributed by atoms with Crippen molar-refractivity contribution in [3.63, 3.8) is 0 Å². The maximum absolute atomic E-state index is 11.9. The quantitative estimate of drug-likeness (QED) is 0.371. The van der Waals surface area contributed by atoms with E-state index in [0.29, 0.717) is 11.3 Å². The van der Waals surface area contributed by atoms with E-state index in [-0.39, 0.29) is 5.69 Å². The molecule has 0 aliphatic rings. The molecule has 1 amide bonds. The van der Waals surface area contributed by atoms with Crippen LogP contribution in [0.2, 0.25) is 0 Å². The monoisotopic (exact) mass is 354 g/mol. The number of nitro groups is 1. The van der Waals surface area contributed by atoms with E-state index in [4.69, 9.17) is 4.74 Å². The highest BCUT2D eigenvalue weighted by molar-refractivity contribution is 5.95. The third-order valence-corrected chi connectivity index (χ3v) is 3.58. The Morgan fingerprint density at radius 1 is 1.15 bits per heavy atom. The van der Waals surface area contributed by atoms with Crippen LogP contribution in [0.4, 0.5) is 11.4 Å². The third-order valence-electron chi connectivity index (χ3n) is 3.58. The van der Waals surface area contributed by atoms with Crippen LogP contribution in [0.3, 0.4) is 0 Å². The molecule has 0 saturated carbocycles. The number of anilines is 1. The summed E-state index contributed by atoms with van der Waals surface area (Å²) in [7, 11) is 0. The zero-order chi connectivity index (χ0) is 19.1. The zero-order valence-corrected chi connectivity index (χ0v) is 14.4. The minimum atomic E-state index is -0.715. The normalized spacial score (nSPS) is 10.5. The van der Waals surface area contributed by atoms with E-state index >= 15 is 0 Å². The number of esters is 1. The summed E-state index contributed by atoms with van der Waals surface area (Å²) in [4.78, 5) is 33.8. The van der Waals surface area contributed by atoms with Crippen molar-refractivity contribution < 1.29 is 19.2 Å². The largest absolute Gasteiger partial charge is 0.452 e. The number of rotatable bonds is 6. The van der Waals surface area contributed by atoms with Gasteiger partial charge in [-0.15, -0.1) is 0 Å². The minimum Gasteiger partial charge on any atom is -0.452 e. The predicted octanol–water partition coefficient (Wildman–Crippen LogP) is 3.41. The molecule has 0 saturated heterocycles. The summed E-state index contributed by atoms with van der Waals surface area (Å²) in [6, 6.07) is 11.4. The van der Waals surface area contributed by atoms with Gasteiger partial charge in [-0.3, -0.25) is 14.9 Å². The molecule has 0 aliphatic heterocycles. The highest BCUT2D eigenvalue weighted by Crippen LogP contribution is 2.19. The summed E-state index contributed by atoms with van der Waals surface area (Å²) < 4.78 is 4.88. The summed E-state index contributed by atoms with van der Waals surface area (Å²) in [5.74, 6) is -1.16. The lowest BCUT2D eigenvalue weighted by molar-refractivity contribution is -0.384. The molecule has 0 atom stereocenters. The Bertz CT molecular complexity index is 854. The highest BCUT2D eigenvalue weighted by atomic mass is 16.6. The SMILES string of the molecule is Cc1cccc(C)c1NC(=O)COC(=O)/C=C/c1cccc([N+](=O)[O-])c1. The van der Waals surface area contributed by atoms with Crippen molar-refractivity contribution in [2.45, 2.75) is 13.8 Å². The number of nitro benzene ring substituents is 1. The van der Waals surface area contributed by atoms with Crippen molar-refractivity contribution in [3.8, 4) is 0 Å². The highest BCUT2D eigenvalue weighted by Gasteiger charge is 2.09. The average Bonchev–Trinajstić information content (AvgIpc) is 2.61. The molecule has 0 aromatic heterocycles. The van der Waals surface area contributed by atoms with Crippen molar-refractivity contribution in [1.82, 2.24) is 0 Å². The Morgan fingerprint density at radius 3 is 2.46 bits per heavy atom. The maximum atomic E-state index is 11.9. The van der Waals surface area contributed by atoms with Gasteiger partial charge in [0.05, 0.1) is 4.92 Å². The number of hydrogen-bond donors (Lipinski definition) is 1. The molecule has 26 heavy (non-hydrogen) atoms.